The predicted molar refractivity (Wildman–Crippen MR) is 113 cm³/mol. The third kappa shape index (κ3) is 4.26. The van der Waals surface area contributed by atoms with Crippen molar-refractivity contribution in [2.24, 2.45) is 0 Å². The largest absolute Gasteiger partial charge is 0.352 e. The van der Waals surface area contributed by atoms with E-state index >= 15 is 0 Å². The highest BCUT2D eigenvalue weighted by Gasteiger charge is 2.26. The lowest BCUT2D eigenvalue weighted by molar-refractivity contribution is 0.0953. The molecule has 2 aromatic carbocycles. The van der Waals surface area contributed by atoms with Gasteiger partial charge in [0.15, 0.2) is 17.5 Å². The van der Waals surface area contributed by atoms with Crippen LogP contribution in [0.1, 0.15) is 40.4 Å². The fourth-order valence-corrected chi connectivity index (χ4v) is 3.88. The van der Waals surface area contributed by atoms with Crippen LogP contribution in [-0.4, -0.2) is 24.0 Å². The van der Waals surface area contributed by atoms with Crippen molar-refractivity contribution in [3.8, 4) is 0 Å². The van der Waals surface area contributed by atoms with E-state index < -0.39 is 17.5 Å². The highest BCUT2D eigenvalue weighted by Crippen LogP contribution is 2.35. The molecule has 1 aliphatic heterocycles. The number of hydrogen-bond acceptors (Lipinski definition) is 3. The molecule has 4 rings (SSSR count). The van der Waals surface area contributed by atoms with E-state index in [1.807, 2.05) is 36.1 Å². The van der Waals surface area contributed by atoms with Crippen molar-refractivity contribution >= 4 is 17.4 Å². The molecule has 2 heterocycles. The molecular formula is C24H22F3N3O. The summed E-state index contributed by atoms with van der Waals surface area (Å²) in [6, 6.07) is 11.3. The molecule has 1 aliphatic rings. The number of fused-ring (bicyclic) bond motifs is 1. The summed E-state index contributed by atoms with van der Waals surface area (Å²) in [6.07, 6.45) is 3.46. The molecular weight excluding hydrogens is 403 g/mol. The molecule has 0 bridgehead atoms. The van der Waals surface area contributed by atoms with Crippen molar-refractivity contribution in [2.75, 3.05) is 18.0 Å². The molecule has 31 heavy (non-hydrogen) atoms. The molecule has 0 saturated carbocycles. The lowest BCUT2D eigenvalue weighted by Crippen LogP contribution is -2.24. The van der Waals surface area contributed by atoms with Crippen LogP contribution in [-0.2, 0) is 12.8 Å². The van der Waals surface area contributed by atoms with Crippen LogP contribution in [0.2, 0.25) is 0 Å². The van der Waals surface area contributed by atoms with Crippen LogP contribution in [0.4, 0.5) is 24.7 Å². The number of pyridine rings is 1. The fourth-order valence-electron chi connectivity index (χ4n) is 3.88. The molecule has 1 N–H and O–H groups in total. The van der Waals surface area contributed by atoms with Crippen LogP contribution in [0.3, 0.4) is 0 Å². The Morgan fingerprint density at radius 3 is 2.61 bits per heavy atom. The van der Waals surface area contributed by atoms with E-state index in [1.54, 1.807) is 12.3 Å². The first-order valence-electron chi connectivity index (χ1n) is 10.2. The minimum absolute atomic E-state index is 0.0809. The van der Waals surface area contributed by atoms with Crippen molar-refractivity contribution < 1.29 is 18.0 Å². The summed E-state index contributed by atoms with van der Waals surface area (Å²) in [7, 11) is 0. The topological polar surface area (TPSA) is 45.2 Å². The van der Waals surface area contributed by atoms with E-state index in [0.29, 0.717) is 36.5 Å². The maximum absolute atomic E-state index is 13.5. The second-order valence-corrected chi connectivity index (χ2v) is 7.53. The Bertz CT molecular complexity index is 1110. The molecule has 0 unspecified atom stereocenters. The number of benzene rings is 2. The van der Waals surface area contributed by atoms with Crippen LogP contribution in [0.5, 0.6) is 0 Å². The van der Waals surface area contributed by atoms with Gasteiger partial charge in [-0.3, -0.25) is 4.79 Å². The number of anilines is 2. The number of halogens is 3. The first kappa shape index (κ1) is 20.9. The van der Waals surface area contributed by atoms with Crippen molar-refractivity contribution in [3.05, 3.63) is 88.4 Å². The van der Waals surface area contributed by atoms with E-state index in [2.05, 4.69) is 10.3 Å². The predicted octanol–water partition coefficient (Wildman–Crippen LogP) is 4.92. The molecule has 0 saturated heterocycles. The molecule has 1 amide bonds. The Labute approximate surface area is 178 Å². The van der Waals surface area contributed by atoms with E-state index in [0.717, 1.165) is 35.4 Å². The van der Waals surface area contributed by atoms with Gasteiger partial charge in [0.2, 0.25) is 0 Å². The third-order valence-corrected chi connectivity index (χ3v) is 5.35. The third-order valence-electron chi connectivity index (χ3n) is 5.35. The summed E-state index contributed by atoms with van der Waals surface area (Å²) in [5.41, 5.74) is 3.70. The number of nitrogens with zero attached hydrogens (tertiary/aromatic N) is 2. The Morgan fingerprint density at radius 1 is 1.10 bits per heavy atom. The Morgan fingerprint density at radius 2 is 1.87 bits per heavy atom. The molecule has 1 aromatic heterocycles. The first-order chi connectivity index (χ1) is 15.0. The van der Waals surface area contributed by atoms with Gasteiger partial charge in [-0.05, 0) is 72.4 Å². The van der Waals surface area contributed by atoms with E-state index in [-0.39, 0.29) is 12.3 Å². The zero-order valence-electron chi connectivity index (χ0n) is 17.1. The molecule has 0 aliphatic carbocycles. The van der Waals surface area contributed by atoms with Gasteiger partial charge in [0.05, 0.1) is 0 Å². The summed E-state index contributed by atoms with van der Waals surface area (Å²) >= 11 is 0. The van der Waals surface area contributed by atoms with Crippen molar-refractivity contribution in [1.29, 1.82) is 0 Å². The standard InChI is InChI=1S/C24H22F3N3O/c1-2-8-29-24(31)18-4-3-5-21-17(18)7-10-30(21)22-14-15(6-9-28-22)11-16-12-19(25)23(27)20(26)13-16/h3-6,9,12-14H,2,7-8,10-11H2,1H3,(H,29,31). The average molecular weight is 425 g/mol. The van der Waals surface area contributed by atoms with Gasteiger partial charge in [0.1, 0.15) is 5.82 Å². The molecule has 0 radical (unpaired) electrons. The van der Waals surface area contributed by atoms with Crippen molar-refractivity contribution in [1.82, 2.24) is 10.3 Å². The quantitative estimate of drug-likeness (QED) is 0.570. The molecule has 4 nitrogen and oxygen atoms in total. The molecule has 0 atom stereocenters. The van der Waals surface area contributed by atoms with Gasteiger partial charge in [0.25, 0.3) is 5.91 Å². The maximum Gasteiger partial charge on any atom is 0.251 e. The number of rotatable bonds is 6. The first-order valence-corrected chi connectivity index (χ1v) is 10.2. The second kappa shape index (κ2) is 8.79. The number of amides is 1. The van der Waals surface area contributed by atoms with Gasteiger partial charge in [-0.2, -0.15) is 0 Å². The highest BCUT2D eigenvalue weighted by molar-refractivity contribution is 5.98. The van der Waals surface area contributed by atoms with Crippen LogP contribution < -0.4 is 10.2 Å². The summed E-state index contributed by atoms with van der Waals surface area (Å²) in [6.45, 7) is 3.30. The van der Waals surface area contributed by atoms with Gasteiger partial charge in [0, 0.05) is 30.5 Å². The number of nitrogens with one attached hydrogen (secondary N) is 1. The summed E-state index contributed by atoms with van der Waals surface area (Å²) in [5, 5.41) is 2.92. The normalized spacial score (nSPS) is 12.7. The lowest BCUT2D eigenvalue weighted by Gasteiger charge is -2.19. The Kier molecular flexibility index (Phi) is 5.93. The smallest absolute Gasteiger partial charge is 0.251 e. The minimum Gasteiger partial charge on any atom is -0.352 e. The molecule has 0 spiro atoms. The molecule has 160 valence electrons. The van der Waals surface area contributed by atoms with Crippen LogP contribution in [0, 0.1) is 17.5 Å². The van der Waals surface area contributed by atoms with Crippen LogP contribution >= 0.6 is 0 Å². The monoisotopic (exact) mass is 425 g/mol. The lowest BCUT2D eigenvalue weighted by atomic mass is 10.0. The van der Waals surface area contributed by atoms with E-state index in [9.17, 15) is 18.0 Å². The zero-order valence-corrected chi connectivity index (χ0v) is 17.1. The molecule has 3 aromatic rings. The van der Waals surface area contributed by atoms with E-state index in [4.69, 9.17) is 0 Å². The Balaban J connectivity index is 1.60. The van der Waals surface area contributed by atoms with Gasteiger partial charge < -0.3 is 10.2 Å². The number of carbonyl (C=O) groups excluding carboxylic acids is 1. The summed E-state index contributed by atoms with van der Waals surface area (Å²) in [5.74, 6) is -3.27. The van der Waals surface area contributed by atoms with Crippen LogP contribution in [0.25, 0.3) is 0 Å². The maximum atomic E-state index is 13.5. The van der Waals surface area contributed by atoms with Gasteiger partial charge >= 0.3 is 0 Å². The summed E-state index contributed by atoms with van der Waals surface area (Å²) in [4.78, 5) is 19.0. The number of aromatic nitrogens is 1. The number of hydrogen-bond donors (Lipinski definition) is 1. The molecule has 7 heteroatoms. The van der Waals surface area contributed by atoms with Crippen LogP contribution in [0.15, 0.2) is 48.7 Å². The fraction of sp³-hybridized carbons (Fsp3) is 0.250. The zero-order chi connectivity index (χ0) is 22.0. The van der Waals surface area contributed by atoms with Gasteiger partial charge in [-0.25, -0.2) is 18.2 Å². The molecule has 0 fully saturated rings. The van der Waals surface area contributed by atoms with Crippen molar-refractivity contribution in [3.63, 3.8) is 0 Å². The average Bonchev–Trinajstić information content (AvgIpc) is 3.20. The van der Waals surface area contributed by atoms with Gasteiger partial charge in [-0.1, -0.05) is 13.0 Å². The second-order valence-electron chi connectivity index (χ2n) is 7.53. The van der Waals surface area contributed by atoms with Gasteiger partial charge in [-0.15, -0.1) is 0 Å². The van der Waals surface area contributed by atoms with Crippen molar-refractivity contribution in [2.45, 2.75) is 26.2 Å². The summed E-state index contributed by atoms with van der Waals surface area (Å²) < 4.78 is 40.3. The Hall–Kier alpha value is -3.35. The van der Waals surface area contributed by atoms with E-state index in [1.165, 1.54) is 0 Å². The highest BCUT2D eigenvalue weighted by atomic mass is 19.2. The number of carbonyl (C=O) groups is 1. The SMILES string of the molecule is CCCNC(=O)c1cccc2c1CCN2c1cc(Cc2cc(F)c(F)c(F)c2)ccn1. The minimum atomic E-state index is -1.47.